The molecule has 0 radical (unpaired) electrons. The molecule has 4 rings (SSSR count). The van der Waals surface area contributed by atoms with Gasteiger partial charge in [-0.05, 0) is 44.2 Å². The number of aryl methyl sites for hydroxylation is 1. The van der Waals surface area contributed by atoms with E-state index in [-0.39, 0.29) is 11.8 Å². The Kier molecular flexibility index (Phi) is 5.52. The van der Waals surface area contributed by atoms with Crippen molar-refractivity contribution >= 4 is 17.6 Å². The molecule has 6 nitrogen and oxygen atoms in total. The zero-order valence-corrected chi connectivity index (χ0v) is 17.4. The van der Waals surface area contributed by atoms with Crippen molar-refractivity contribution in [2.24, 2.45) is 11.3 Å². The predicted molar refractivity (Wildman–Crippen MR) is 112 cm³/mol. The van der Waals surface area contributed by atoms with E-state index in [9.17, 15) is 9.59 Å². The number of rotatable bonds is 5. The number of anilines is 1. The Bertz CT molecular complexity index is 856. The molecule has 2 amide bonds. The summed E-state index contributed by atoms with van der Waals surface area (Å²) in [5.41, 5.74) is 0.607. The average Bonchev–Trinajstić information content (AvgIpc) is 2.98. The van der Waals surface area contributed by atoms with Gasteiger partial charge in [0.1, 0.15) is 17.7 Å². The lowest BCUT2D eigenvalue weighted by molar-refractivity contribution is -0.141. The Hall–Kier alpha value is -2.50. The van der Waals surface area contributed by atoms with Gasteiger partial charge in [-0.15, -0.1) is 0 Å². The van der Waals surface area contributed by atoms with Crippen molar-refractivity contribution in [3.05, 3.63) is 41.9 Å². The maximum Gasteiger partial charge on any atom is 0.248 e. The van der Waals surface area contributed by atoms with Gasteiger partial charge in [0.15, 0.2) is 0 Å². The smallest absolute Gasteiger partial charge is 0.248 e. The van der Waals surface area contributed by atoms with Crippen molar-refractivity contribution in [3.8, 4) is 0 Å². The molecule has 29 heavy (non-hydrogen) atoms. The third-order valence-electron chi connectivity index (χ3n) is 6.73. The standard InChI is InChI=1S/C23H30N4O2/c1-16-24-13-11-20(25-16)26-21(28)19(14-17-8-4-3-5-9-17)27-15-18-10-6-7-12-23(18,2)22(27)29/h6-7,10-11,13,17,19H,3-5,8-9,12,14-15H2,1-2H3,(H,24,25,26,28). The highest BCUT2D eigenvalue weighted by Crippen LogP contribution is 2.43. The second-order valence-corrected chi connectivity index (χ2v) is 8.82. The van der Waals surface area contributed by atoms with E-state index in [1.165, 1.54) is 19.3 Å². The number of carbonyl (C=O) groups is 2. The van der Waals surface area contributed by atoms with Crippen molar-refractivity contribution in [2.75, 3.05) is 11.9 Å². The van der Waals surface area contributed by atoms with Crippen LogP contribution >= 0.6 is 0 Å². The van der Waals surface area contributed by atoms with Gasteiger partial charge >= 0.3 is 0 Å². The predicted octanol–water partition coefficient (Wildman–Crippen LogP) is 3.80. The van der Waals surface area contributed by atoms with E-state index in [4.69, 9.17) is 0 Å². The van der Waals surface area contributed by atoms with E-state index in [0.717, 1.165) is 24.8 Å². The van der Waals surface area contributed by atoms with Gasteiger partial charge in [0.2, 0.25) is 11.8 Å². The highest BCUT2D eigenvalue weighted by molar-refractivity contribution is 5.99. The molecule has 1 aromatic heterocycles. The summed E-state index contributed by atoms with van der Waals surface area (Å²) in [5.74, 6) is 1.52. The Morgan fingerprint density at radius 3 is 2.86 bits per heavy atom. The normalized spacial score (nSPS) is 25.5. The SMILES string of the molecule is Cc1nccc(NC(=O)C(CC2CCCCC2)N2CC3=CC=CCC3(C)C2=O)n1. The van der Waals surface area contributed by atoms with Crippen LogP contribution in [0.2, 0.25) is 0 Å². The first-order valence-electron chi connectivity index (χ1n) is 10.7. The number of allylic oxidation sites excluding steroid dienone is 3. The number of fused-ring (bicyclic) bond motifs is 1. The third kappa shape index (κ3) is 3.98. The largest absolute Gasteiger partial charge is 0.326 e. The molecule has 1 N–H and O–H groups in total. The van der Waals surface area contributed by atoms with E-state index in [0.29, 0.717) is 30.5 Å². The number of nitrogens with zero attached hydrogens (tertiary/aromatic N) is 3. The fourth-order valence-electron chi connectivity index (χ4n) is 4.93. The Morgan fingerprint density at radius 1 is 1.34 bits per heavy atom. The molecule has 2 heterocycles. The number of amides is 2. The molecule has 1 aliphatic heterocycles. The molecule has 2 aliphatic carbocycles. The van der Waals surface area contributed by atoms with E-state index in [2.05, 4.69) is 15.3 Å². The van der Waals surface area contributed by atoms with Gasteiger partial charge in [0.25, 0.3) is 0 Å². The van der Waals surface area contributed by atoms with Crippen LogP contribution in [0.25, 0.3) is 0 Å². The summed E-state index contributed by atoms with van der Waals surface area (Å²) >= 11 is 0. The van der Waals surface area contributed by atoms with Crippen LogP contribution in [0, 0.1) is 18.3 Å². The number of aromatic nitrogens is 2. The van der Waals surface area contributed by atoms with Gasteiger partial charge < -0.3 is 10.2 Å². The summed E-state index contributed by atoms with van der Waals surface area (Å²) in [5, 5.41) is 2.94. The molecule has 3 aliphatic rings. The topological polar surface area (TPSA) is 75.2 Å². The van der Waals surface area contributed by atoms with E-state index < -0.39 is 11.5 Å². The molecule has 2 unspecified atom stereocenters. The highest BCUT2D eigenvalue weighted by Gasteiger charge is 2.50. The van der Waals surface area contributed by atoms with Crippen LogP contribution in [0.5, 0.6) is 0 Å². The summed E-state index contributed by atoms with van der Waals surface area (Å²) in [4.78, 5) is 37.0. The number of hydrogen-bond acceptors (Lipinski definition) is 4. The fraction of sp³-hybridized carbons (Fsp3) is 0.565. The number of likely N-dealkylation sites (tertiary alicyclic amines) is 1. The molecule has 2 atom stereocenters. The minimum absolute atomic E-state index is 0.0722. The summed E-state index contributed by atoms with van der Waals surface area (Å²) in [6.07, 6.45) is 15.2. The maximum absolute atomic E-state index is 13.4. The van der Waals surface area contributed by atoms with Gasteiger partial charge in [-0.25, -0.2) is 9.97 Å². The second kappa shape index (κ2) is 8.09. The first-order chi connectivity index (χ1) is 14.0. The zero-order valence-electron chi connectivity index (χ0n) is 17.4. The molecule has 1 saturated heterocycles. The second-order valence-electron chi connectivity index (χ2n) is 8.82. The molecule has 1 aromatic rings. The van der Waals surface area contributed by atoms with Crippen molar-refractivity contribution in [1.29, 1.82) is 0 Å². The molecule has 2 fully saturated rings. The van der Waals surface area contributed by atoms with Crippen LogP contribution in [-0.2, 0) is 9.59 Å². The molecule has 6 heteroatoms. The monoisotopic (exact) mass is 394 g/mol. The van der Waals surface area contributed by atoms with Crippen LogP contribution < -0.4 is 5.32 Å². The molecular weight excluding hydrogens is 364 g/mol. The van der Waals surface area contributed by atoms with Crippen LogP contribution in [0.15, 0.2) is 36.1 Å². The zero-order chi connectivity index (χ0) is 20.4. The first-order valence-corrected chi connectivity index (χ1v) is 10.7. The van der Waals surface area contributed by atoms with E-state index in [1.807, 2.05) is 30.1 Å². The Morgan fingerprint density at radius 2 is 2.14 bits per heavy atom. The minimum Gasteiger partial charge on any atom is -0.326 e. The summed E-state index contributed by atoms with van der Waals surface area (Å²) in [6, 6.07) is 1.23. The Labute approximate surface area is 172 Å². The lowest BCUT2D eigenvalue weighted by Gasteiger charge is -2.32. The molecular formula is C23H30N4O2. The summed E-state index contributed by atoms with van der Waals surface area (Å²) in [7, 11) is 0. The van der Waals surface area contributed by atoms with Crippen molar-refractivity contribution < 1.29 is 9.59 Å². The van der Waals surface area contributed by atoms with Crippen molar-refractivity contribution in [1.82, 2.24) is 14.9 Å². The van der Waals surface area contributed by atoms with Gasteiger partial charge in [0, 0.05) is 12.7 Å². The lowest BCUT2D eigenvalue weighted by atomic mass is 9.78. The quantitative estimate of drug-likeness (QED) is 0.824. The first kappa shape index (κ1) is 19.8. The minimum atomic E-state index is -0.509. The van der Waals surface area contributed by atoms with Crippen molar-refractivity contribution in [3.63, 3.8) is 0 Å². The van der Waals surface area contributed by atoms with E-state index in [1.54, 1.807) is 19.2 Å². The fourth-order valence-corrected chi connectivity index (χ4v) is 4.93. The number of nitrogens with one attached hydrogen (secondary N) is 1. The van der Waals surface area contributed by atoms with Gasteiger partial charge in [-0.3, -0.25) is 9.59 Å². The molecule has 0 bridgehead atoms. The number of hydrogen-bond donors (Lipinski definition) is 1. The molecule has 1 saturated carbocycles. The van der Waals surface area contributed by atoms with E-state index >= 15 is 0 Å². The van der Waals surface area contributed by atoms with Gasteiger partial charge in [-0.2, -0.15) is 0 Å². The van der Waals surface area contributed by atoms with Gasteiger partial charge in [0.05, 0.1) is 5.41 Å². The summed E-state index contributed by atoms with van der Waals surface area (Å²) < 4.78 is 0. The molecule has 0 spiro atoms. The highest BCUT2D eigenvalue weighted by atomic mass is 16.2. The van der Waals surface area contributed by atoms with Crippen LogP contribution in [0.1, 0.15) is 57.7 Å². The van der Waals surface area contributed by atoms with Crippen LogP contribution in [0.3, 0.4) is 0 Å². The average molecular weight is 395 g/mol. The Balaban J connectivity index is 1.58. The van der Waals surface area contributed by atoms with Gasteiger partial charge in [-0.1, -0.05) is 50.3 Å². The third-order valence-corrected chi connectivity index (χ3v) is 6.73. The van der Waals surface area contributed by atoms with Crippen molar-refractivity contribution in [2.45, 2.75) is 64.8 Å². The summed E-state index contributed by atoms with van der Waals surface area (Å²) in [6.45, 7) is 4.34. The van der Waals surface area contributed by atoms with Crippen LogP contribution in [0.4, 0.5) is 5.82 Å². The van der Waals surface area contributed by atoms with Crippen LogP contribution in [-0.4, -0.2) is 39.3 Å². The maximum atomic E-state index is 13.4. The lowest BCUT2D eigenvalue weighted by Crippen LogP contribution is -2.48. The molecule has 154 valence electrons. The number of carbonyl (C=O) groups excluding carboxylic acids is 2. The molecule has 0 aromatic carbocycles.